The largest absolute Gasteiger partial charge is 0.396 e. The molecule has 1 aliphatic carbocycles. The molecule has 118 valence electrons. The molecule has 2 nitrogen and oxygen atoms in total. The second-order valence-electron chi connectivity index (χ2n) is 7.23. The minimum Gasteiger partial charge on any atom is -0.396 e. The SMILES string of the molecule is C/C=C(/C(C)C(C)CO)C1CNCC2(C)C=CC=C(C)C12. The number of aliphatic hydroxyl groups excluding tert-OH is 1. The molecule has 0 radical (unpaired) electrons. The Kier molecular flexibility index (Phi) is 5.11. The number of allylic oxidation sites excluding steroid dienone is 4. The summed E-state index contributed by atoms with van der Waals surface area (Å²) in [5.74, 6) is 1.84. The summed E-state index contributed by atoms with van der Waals surface area (Å²) in [6.07, 6.45) is 9.15. The first-order valence-electron chi connectivity index (χ1n) is 8.28. The fraction of sp³-hybridized carbons (Fsp3) is 0.684. The number of piperidine rings is 1. The minimum absolute atomic E-state index is 0.207. The zero-order valence-corrected chi connectivity index (χ0v) is 14.2. The molecule has 2 heteroatoms. The summed E-state index contributed by atoms with van der Waals surface area (Å²) in [5, 5.41) is 13.2. The van der Waals surface area contributed by atoms with Crippen LogP contribution in [0, 0.1) is 29.1 Å². The highest BCUT2D eigenvalue weighted by Crippen LogP contribution is 2.47. The monoisotopic (exact) mass is 289 g/mol. The van der Waals surface area contributed by atoms with Crippen molar-refractivity contribution >= 4 is 0 Å². The third-order valence-corrected chi connectivity index (χ3v) is 5.74. The van der Waals surface area contributed by atoms with Gasteiger partial charge in [0, 0.05) is 25.1 Å². The molecule has 21 heavy (non-hydrogen) atoms. The molecule has 1 heterocycles. The van der Waals surface area contributed by atoms with Gasteiger partial charge in [0.1, 0.15) is 0 Å². The molecular weight excluding hydrogens is 258 g/mol. The Hall–Kier alpha value is -0.860. The molecular formula is C19H31NO. The van der Waals surface area contributed by atoms with Crippen molar-refractivity contribution in [3.8, 4) is 0 Å². The predicted molar refractivity (Wildman–Crippen MR) is 90.0 cm³/mol. The van der Waals surface area contributed by atoms with Gasteiger partial charge in [-0.15, -0.1) is 0 Å². The van der Waals surface area contributed by atoms with E-state index in [4.69, 9.17) is 0 Å². The number of rotatable bonds is 4. The third kappa shape index (κ3) is 3.02. The lowest BCUT2D eigenvalue weighted by Crippen LogP contribution is -2.51. The highest BCUT2D eigenvalue weighted by Gasteiger charge is 2.44. The fourth-order valence-corrected chi connectivity index (χ4v) is 4.32. The lowest BCUT2D eigenvalue weighted by Gasteiger charge is -2.49. The van der Waals surface area contributed by atoms with Crippen molar-refractivity contribution in [3.05, 3.63) is 35.5 Å². The topological polar surface area (TPSA) is 32.3 Å². The van der Waals surface area contributed by atoms with Gasteiger partial charge in [-0.3, -0.25) is 0 Å². The highest BCUT2D eigenvalue weighted by molar-refractivity contribution is 5.32. The van der Waals surface area contributed by atoms with Crippen molar-refractivity contribution in [3.63, 3.8) is 0 Å². The van der Waals surface area contributed by atoms with Gasteiger partial charge in [0.25, 0.3) is 0 Å². The van der Waals surface area contributed by atoms with Crippen molar-refractivity contribution in [2.45, 2.75) is 34.6 Å². The van der Waals surface area contributed by atoms with E-state index < -0.39 is 0 Å². The van der Waals surface area contributed by atoms with Crippen LogP contribution in [0.25, 0.3) is 0 Å². The molecule has 5 atom stereocenters. The van der Waals surface area contributed by atoms with Gasteiger partial charge in [-0.1, -0.05) is 56.2 Å². The zero-order valence-electron chi connectivity index (χ0n) is 14.2. The van der Waals surface area contributed by atoms with Gasteiger partial charge in [0.05, 0.1) is 0 Å². The highest BCUT2D eigenvalue weighted by atomic mass is 16.3. The van der Waals surface area contributed by atoms with E-state index >= 15 is 0 Å². The van der Waals surface area contributed by atoms with Gasteiger partial charge >= 0.3 is 0 Å². The Morgan fingerprint density at radius 1 is 1.52 bits per heavy atom. The molecule has 2 rings (SSSR count). The van der Waals surface area contributed by atoms with Crippen LogP contribution in [0.5, 0.6) is 0 Å². The summed E-state index contributed by atoms with van der Waals surface area (Å²) >= 11 is 0. The Labute approximate surface area is 130 Å². The maximum Gasteiger partial charge on any atom is 0.0462 e. The van der Waals surface area contributed by atoms with E-state index in [9.17, 15) is 5.11 Å². The van der Waals surface area contributed by atoms with Gasteiger partial charge in [0.15, 0.2) is 0 Å². The van der Waals surface area contributed by atoms with Crippen LogP contribution in [0.4, 0.5) is 0 Å². The molecule has 0 aromatic rings. The van der Waals surface area contributed by atoms with E-state index in [1.54, 1.807) is 0 Å². The summed E-state index contributed by atoms with van der Waals surface area (Å²) in [7, 11) is 0. The smallest absolute Gasteiger partial charge is 0.0462 e. The van der Waals surface area contributed by atoms with Crippen LogP contribution in [0.3, 0.4) is 0 Å². The van der Waals surface area contributed by atoms with Crippen LogP contribution in [-0.2, 0) is 0 Å². The van der Waals surface area contributed by atoms with E-state index in [2.05, 4.69) is 64.2 Å². The summed E-state index contributed by atoms with van der Waals surface area (Å²) in [6, 6.07) is 0. The van der Waals surface area contributed by atoms with Crippen LogP contribution in [0.1, 0.15) is 34.6 Å². The summed E-state index contributed by atoms with van der Waals surface area (Å²) in [5.41, 5.74) is 3.20. The number of aliphatic hydroxyl groups is 1. The molecule has 1 aliphatic heterocycles. The third-order valence-electron chi connectivity index (χ3n) is 5.74. The molecule has 2 aliphatic rings. The lowest BCUT2D eigenvalue weighted by atomic mass is 9.59. The molecule has 0 bridgehead atoms. The first kappa shape index (κ1) is 16.5. The van der Waals surface area contributed by atoms with Gasteiger partial charge in [-0.2, -0.15) is 0 Å². The van der Waals surface area contributed by atoms with Gasteiger partial charge < -0.3 is 10.4 Å². The van der Waals surface area contributed by atoms with Crippen LogP contribution < -0.4 is 5.32 Å². The van der Waals surface area contributed by atoms with Crippen LogP contribution in [-0.4, -0.2) is 24.8 Å². The van der Waals surface area contributed by atoms with Crippen molar-refractivity contribution in [1.29, 1.82) is 0 Å². The standard InChI is InChI=1S/C19H31NO/c1-6-16(15(4)14(3)11-21)17-10-20-12-19(5)9-7-8-13(2)18(17)19/h6-9,14-15,17-18,20-21H,10-12H2,1-5H3/b16-6-. The second-order valence-corrected chi connectivity index (χ2v) is 7.23. The van der Waals surface area contributed by atoms with E-state index in [0.717, 1.165) is 13.1 Å². The quantitative estimate of drug-likeness (QED) is 0.776. The average Bonchev–Trinajstić information content (AvgIpc) is 2.46. The van der Waals surface area contributed by atoms with E-state index in [0.29, 0.717) is 23.7 Å². The van der Waals surface area contributed by atoms with Crippen molar-refractivity contribution < 1.29 is 5.11 Å². The van der Waals surface area contributed by atoms with Crippen LogP contribution >= 0.6 is 0 Å². The Balaban J connectivity index is 2.33. The maximum absolute atomic E-state index is 9.52. The zero-order chi connectivity index (χ0) is 15.6. The molecule has 0 aromatic heterocycles. The summed E-state index contributed by atoms with van der Waals surface area (Å²) in [6.45, 7) is 13.6. The minimum atomic E-state index is 0.207. The van der Waals surface area contributed by atoms with E-state index in [1.165, 1.54) is 11.1 Å². The molecule has 0 aromatic carbocycles. The number of fused-ring (bicyclic) bond motifs is 1. The first-order chi connectivity index (χ1) is 9.94. The maximum atomic E-state index is 9.52. The molecule has 1 fully saturated rings. The Bertz CT molecular complexity index is 462. The van der Waals surface area contributed by atoms with E-state index in [-0.39, 0.29) is 12.0 Å². The normalized spacial score (nSPS) is 35.9. The van der Waals surface area contributed by atoms with Crippen molar-refractivity contribution in [2.75, 3.05) is 19.7 Å². The molecule has 0 amide bonds. The van der Waals surface area contributed by atoms with Crippen LogP contribution in [0.2, 0.25) is 0 Å². The number of hydrogen-bond donors (Lipinski definition) is 2. The molecule has 5 unspecified atom stereocenters. The first-order valence-corrected chi connectivity index (χ1v) is 8.28. The molecule has 0 saturated carbocycles. The van der Waals surface area contributed by atoms with Crippen molar-refractivity contribution in [1.82, 2.24) is 5.32 Å². The lowest BCUT2D eigenvalue weighted by molar-refractivity contribution is 0.147. The van der Waals surface area contributed by atoms with Gasteiger partial charge in [-0.05, 0) is 37.5 Å². The van der Waals surface area contributed by atoms with Crippen LogP contribution in [0.15, 0.2) is 35.5 Å². The van der Waals surface area contributed by atoms with Gasteiger partial charge in [0.2, 0.25) is 0 Å². The Morgan fingerprint density at radius 3 is 2.86 bits per heavy atom. The fourth-order valence-electron chi connectivity index (χ4n) is 4.32. The second kappa shape index (κ2) is 6.50. The van der Waals surface area contributed by atoms with Gasteiger partial charge in [-0.25, -0.2) is 0 Å². The Morgan fingerprint density at radius 2 is 2.24 bits per heavy atom. The van der Waals surface area contributed by atoms with E-state index in [1.807, 2.05) is 0 Å². The molecule has 1 saturated heterocycles. The summed E-state index contributed by atoms with van der Waals surface area (Å²) < 4.78 is 0. The summed E-state index contributed by atoms with van der Waals surface area (Å²) in [4.78, 5) is 0. The number of hydrogen-bond acceptors (Lipinski definition) is 2. The average molecular weight is 289 g/mol. The molecule has 0 spiro atoms. The van der Waals surface area contributed by atoms with Crippen molar-refractivity contribution in [2.24, 2.45) is 29.1 Å². The number of nitrogens with one attached hydrogen (secondary N) is 1. The molecule has 2 N–H and O–H groups in total. The predicted octanol–water partition coefficient (Wildman–Crippen LogP) is 3.56.